The summed E-state index contributed by atoms with van der Waals surface area (Å²) < 4.78 is 1.80. The molecule has 0 spiro atoms. The average molecular weight is 289 g/mol. The Balaban J connectivity index is 2.10. The third kappa shape index (κ3) is 3.33. The van der Waals surface area contributed by atoms with Gasteiger partial charge in [0.05, 0.1) is 11.8 Å². The lowest BCUT2D eigenvalue weighted by atomic mass is 10.1. The predicted molar refractivity (Wildman–Crippen MR) is 85.0 cm³/mol. The van der Waals surface area contributed by atoms with Crippen LogP contribution in [0.2, 0.25) is 0 Å². The molecule has 20 heavy (non-hydrogen) atoms. The molecule has 0 saturated heterocycles. The Morgan fingerprint density at radius 3 is 2.80 bits per heavy atom. The first-order valence-corrected chi connectivity index (χ1v) is 6.87. The number of thiocarbonyl (C=S) groups is 1. The standard InChI is InChI=1S/C14H19N5S/c1-9-6-10(2)18-14(12(9)13(15)20)16-5-4-11-7-17-19(3)8-11/h6-8H,4-5H2,1-3H3,(H2,15,20)(H,16,18). The second-order valence-electron chi connectivity index (χ2n) is 4.87. The van der Waals surface area contributed by atoms with Gasteiger partial charge in [0.2, 0.25) is 0 Å². The molecule has 5 nitrogen and oxygen atoms in total. The van der Waals surface area contributed by atoms with Crippen molar-refractivity contribution in [2.24, 2.45) is 12.8 Å². The zero-order chi connectivity index (χ0) is 14.7. The number of aromatic nitrogens is 3. The van der Waals surface area contributed by atoms with Gasteiger partial charge in [-0.25, -0.2) is 4.98 Å². The van der Waals surface area contributed by atoms with E-state index in [4.69, 9.17) is 18.0 Å². The quantitative estimate of drug-likeness (QED) is 0.820. The Morgan fingerprint density at radius 1 is 1.45 bits per heavy atom. The Morgan fingerprint density at radius 2 is 2.20 bits per heavy atom. The van der Waals surface area contributed by atoms with Gasteiger partial charge in [-0.2, -0.15) is 5.10 Å². The molecular formula is C14H19N5S. The van der Waals surface area contributed by atoms with E-state index in [9.17, 15) is 0 Å². The van der Waals surface area contributed by atoms with Gasteiger partial charge in [0.15, 0.2) is 0 Å². The van der Waals surface area contributed by atoms with Crippen molar-refractivity contribution >= 4 is 23.0 Å². The number of hydrogen-bond acceptors (Lipinski definition) is 4. The highest BCUT2D eigenvalue weighted by Crippen LogP contribution is 2.18. The molecule has 0 aliphatic heterocycles. The first-order chi connectivity index (χ1) is 9.47. The van der Waals surface area contributed by atoms with Crippen molar-refractivity contribution in [3.8, 4) is 0 Å². The Bertz CT molecular complexity index is 632. The average Bonchev–Trinajstić information content (AvgIpc) is 2.73. The highest BCUT2D eigenvalue weighted by Gasteiger charge is 2.11. The fourth-order valence-electron chi connectivity index (χ4n) is 2.20. The van der Waals surface area contributed by atoms with Crippen molar-refractivity contribution in [1.29, 1.82) is 0 Å². The molecular weight excluding hydrogens is 270 g/mol. The van der Waals surface area contributed by atoms with E-state index in [1.165, 1.54) is 5.56 Å². The summed E-state index contributed by atoms with van der Waals surface area (Å²) in [6.45, 7) is 4.72. The van der Waals surface area contributed by atoms with E-state index in [2.05, 4.69) is 15.4 Å². The van der Waals surface area contributed by atoms with Crippen LogP contribution < -0.4 is 11.1 Å². The van der Waals surface area contributed by atoms with Gasteiger partial charge >= 0.3 is 0 Å². The lowest BCUT2D eigenvalue weighted by Crippen LogP contribution is -2.17. The molecule has 0 atom stereocenters. The zero-order valence-corrected chi connectivity index (χ0v) is 12.8. The minimum absolute atomic E-state index is 0.374. The van der Waals surface area contributed by atoms with Crippen molar-refractivity contribution in [2.45, 2.75) is 20.3 Å². The normalized spacial score (nSPS) is 10.6. The first kappa shape index (κ1) is 14.5. The molecule has 0 fully saturated rings. The zero-order valence-electron chi connectivity index (χ0n) is 12.0. The summed E-state index contributed by atoms with van der Waals surface area (Å²) in [6, 6.07) is 1.99. The van der Waals surface area contributed by atoms with Crippen molar-refractivity contribution in [3.63, 3.8) is 0 Å². The Labute approximate surface area is 124 Å². The molecule has 6 heteroatoms. The summed E-state index contributed by atoms with van der Waals surface area (Å²) in [5.41, 5.74) is 9.80. The van der Waals surface area contributed by atoms with E-state index in [-0.39, 0.29) is 0 Å². The van der Waals surface area contributed by atoms with Crippen LogP contribution in [0.25, 0.3) is 0 Å². The highest BCUT2D eigenvalue weighted by atomic mass is 32.1. The number of nitrogens with one attached hydrogen (secondary N) is 1. The van der Waals surface area contributed by atoms with E-state index < -0.39 is 0 Å². The molecule has 2 aromatic heterocycles. The molecule has 0 saturated carbocycles. The summed E-state index contributed by atoms with van der Waals surface area (Å²) in [7, 11) is 1.91. The SMILES string of the molecule is Cc1cc(C)c(C(N)=S)c(NCCc2cnn(C)c2)n1. The molecule has 2 aromatic rings. The molecule has 0 aliphatic rings. The summed E-state index contributed by atoms with van der Waals surface area (Å²) in [5.74, 6) is 0.763. The van der Waals surface area contributed by atoms with E-state index in [0.29, 0.717) is 4.99 Å². The molecule has 2 heterocycles. The smallest absolute Gasteiger partial charge is 0.136 e. The molecule has 3 N–H and O–H groups in total. The third-order valence-electron chi connectivity index (χ3n) is 3.06. The number of aryl methyl sites for hydroxylation is 3. The van der Waals surface area contributed by atoms with Gasteiger partial charge in [-0.05, 0) is 37.5 Å². The van der Waals surface area contributed by atoms with Crippen LogP contribution in [0.5, 0.6) is 0 Å². The number of pyridine rings is 1. The van der Waals surface area contributed by atoms with Gasteiger partial charge in [0.25, 0.3) is 0 Å². The summed E-state index contributed by atoms with van der Waals surface area (Å²) in [6.07, 6.45) is 4.75. The summed E-state index contributed by atoms with van der Waals surface area (Å²) in [5, 5.41) is 7.47. The molecule has 2 rings (SSSR count). The Hall–Kier alpha value is -1.95. The lowest BCUT2D eigenvalue weighted by molar-refractivity contribution is 0.767. The van der Waals surface area contributed by atoms with E-state index in [1.807, 2.05) is 39.4 Å². The molecule has 0 unspecified atom stereocenters. The number of nitrogens with zero attached hydrogens (tertiary/aromatic N) is 3. The van der Waals surface area contributed by atoms with E-state index in [1.54, 1.807) is 4.68 Å². The number of hydrogen-bond donors (Lipinski definition) is 2. The van der Waals surface area contributed by atoms with Gasteiger partial charge in [-0.3, -0.25) is 4.68 Å². The van der Waals surface area contributed by atoms with Crippen molar-refractivity contribution < 1.29 is 0 Å². The lowest BCUT2D eigenvalue weighted by Gasteiger charge is -2.13. The fourth-order valence-corrected chi connectivity index (χ4v) is 2.46. The largest absolute Gasteiger partial charge is 0.389 e. The molecule has 0 bridgehead atoms. The first-order valence-electron chi connectivity index (χ1n) is 6.47. The van der Waals surface area contributed by atoms with Crippen molar-refractivity contribution in [3.05, 3.63) is 40.8 Å². The van der Waals surface area contributed by atoms with E-state index in [0.717, 1.165) is 35.6 Å². The maximum Gasteiger partial charge on any atom is 0.136 e. The van der Waals surface area contributed by atoms with Crippen LogP contribution in [0, 0.1) is 13.8 Å². The van der Waals surface area contributed by atoms with Gasteiger partial charge in [-0.1, -0.05) is 12.2 Å². The predicted octanol–water partition coefficient (Wildman–Crippen LogP) is 1.72. The maximum absolute atomic E-state index is 5.79. The van der Waals surface area contributed by atoms with Gasteiger partial charge < -0.3 is 11.1 Å². The number of anilines is 1. The molecule has 0 aromatic carbocycles. The minimum atomic E-state index is 0.374. The topological polar surface area (TPSA) is 68.8 Å². The highest BCUT2D eigenvalue weighted by molar-refractivity contribution is 7.80. The van der Waals surface area contributed by atoms with Crippen LogP contribution in [0.4, 0.5) is 5.82 Å². The summed E-state index contributed by atoms with van der Waals surface area (Å²) >= 11 is 5.11. The monoisotopic (exact) mass is 289 g/mol. The van der Waals surface area contributed by atoms with Gasteiger partial charge in [0.1, 0.15) is 10.8 Å². The number of nitrogens with two attached hydrogens (primary N) is 1. The number of rotatable bonds is 5. The van der Waals surface area contributed by atoms with Crippen LogP contribution in [0.3, 0.4) is 0 Å². The van der Waals surface area contributed by atoms with Crippen LogP contribution in [-0.4, -0.2) is 26.3 Å². The third-order valence-corrected chi connectivity index (χ3v) is 3.26. The Kier molecular flexibility index (Phi) is 4.34. The van der Waals surface area contributed by atoms with Crippen molar-refractivity contribution in [2.75, 3.05) is 11.9 Å². The molecule has 0 aliphatic carbocycles. The second-order valence-corrected chi connectivity index (χ2v) is 5.31. The molecule has 106 valence electrons. The maximum atomic E-state index is 5.79. The van der Waals surface area contributed by atoms with Gasteiger partial charge in [0, 0.05) is 25.5 Å². The van der Waals surface area contributed by atoms with Crippen molar-refractivity contribution in [1.82, 2.24) is 14.8 Å². The van der Waals surface area contributed by atoms with Crippen LogP contribution in [-0.2, 0) is 13.5 Å². The van der Waals surface area contributed by atoms with Gasteiger partial charge in [-0.15, -0.1) is 0 Å². The van der Waals surface area contributed by atoms with Crippen LogP contribution in [0.1, 0.15) is 22.4 Å². The minimum Gasteiger partial charge on any atom is -0.389 e. The fraction of sp³-hybridized carbons (Fsp3) is 0.357. The second kappa shape index (κ2) is 6.00. The van der Waals surface area contributed by atoms with Crippen LogP contribution >= 0.6 is 12.2 Å². The summed E-state index contributed by atoms with van der Waals surface area (Å²) in [4.78, 5) is 4.87. The molecule has 0 radical (unpaired) electrons. The molecule has 0 amide bonds. The van der Waals surface area contributed by atoms with Crippen LogP contribution in [0.15, 0.2) is 18.5 Å². The van der Waals surface area contributed by atoms with E-state index >= 15 is 0 Å².